The molecule has 0 aliphatic rings. The molecule has 23 heavy (non-hydrogen) atoms. The lowest BCUT2D eigenvalue weighted by atomic mass is 10.2. The number of phenolic OH excluding ortho intramolecular Hbond substituents is 1. The van der Waals surface area contributed by atoms with Crippen molar-refractivity contribution in [2.24, 2.45) is 5.10 Å². The van der Waals surface area contributed by atoms with Crippen molar-refractivity contribution in [2.45, 2.75) is 0 Å². The number of phenols is 1. The number of aromatic hydroxyl groups is 1. The Morgan fingerprint density at radius 3 is 2.52 bits per heavy atom. The Labute approximate surface area is 138 Å². The molecule has 0 aliphatic carbocycles. The Morgan fingerprint density at radius 2 is 1.87 bits per heavy atom. The van der Waals surface area contributed by atoms with Crippen LogP contribution >= 0.6 is 11.6 Å². The van der Waals surface area contributed by atoms with Gasteiger partial charge in [0.15, 0.2) is 11.5 Å². The second-order valence-electron chi connectivity index (χ2n) is 4.47. The highest BCUT2D eigenvalue weighted by Gasteiger charge is 2.09. The first-order valence-electron chi connectivity index (χ1n) is 6.59. The number of nitrogens with zero attached hydrogens (tertiary/aromatic N) is 1. The molecule has 0 aliphatic heterocycles. The zero-order valence-corrected chi connectivity index (χ0v) is 13.3. The Morgan fingerprint density at radius 1 is 1.17 bits per heavy atom. The standard InChI is InChI=1S/C16H15ClN2O4/c1-22-14-6-4-12(17)7-11(14)9-18-19-16(21)10-3-5-15(23-2)13(20)8-10/h3-9,20H,1-2H3,(H,19,21). The first-order valence-corrected chi connectivity index (χ1v) is 6.97. The van der Waals surface area contributed by atoms with Gasteiger partial charge in [0.25, 0.3) is 5.91 Å². The van der Waals surface area contributed by atoms with Crippen LogP contribution in [0, 0.1) is 0 Å². The maximum Gasteiger partial charge on any atom is 0.271 e. The number of nitrogens with one attached hydrogen (secondary N) is 1. The topological polar surface area (TPSA) is 80.2 Å². The van der Waals surface area contributed by atoms with Crippen LogP contribution in [0.25, 0.3) is 0 Å². The molecular weight excluding hydrogens is 320 g/mol. The summed E-state index contributed by atoms with van der Waals surface area (Å²) < 4.78 is 10.1. The lowest BCUT2D eigenvalue weighted by Crippen LogP contribution is -2.17. The molecule has 2 rings (SSSR count). The fraction of sp³-hybridized carbons (Fsp3) is 0.125. The quantitative estimate of drug-likeness (QED) is 0.651. The predicted octanol–water partition coefficient (Wildman–Crippen LogP) is 2.83. The third-order valence-corrected chi connectivity index (χ3v) is 3.24. The third kappa shape index (κ3) is 4.14. The molecule has 2 aromatic rings. The van der Waals surface area contributed by atoms with Crippen LogP contribution in [0.15, 0.2) is 41.5 Å². The lowest BCUT2D eigenvalue weighted by molar-refractivity contribution is 0.0954. The fourth-order valence-corrected chi connectivity index (χ4v) is 2.04. The summed E-state index contributed by atoms with van der Waals surface area (Å²) in [6.07, 6.45) is 1.42. The van der Waals surface area contributed by atoms with E-state index in [0.29, 0.717) is 16.3 Å². The SMILES string of the molecule is COc1ccc(C(=O)NN=Cc2cc(Cl)ccc2OC)cc1O. The first-order chi connectivity index (χ1) is 11.0. The Kier molecular flexibility index (Phi) is 5.43. The van der Waals surface area contributed by atoms with Crippen molar-refractivity contribution in [3.63, 3.8) is 0 Å². The molecule has 7 heteroatoms. The number of halogens is 1. The number of carbonyl (C=O) groups excluding carboxylic acids is 1. The number of benzene rings is 2. The van der Waals surface area contributed by atoms with Gasteiger partial charge in [0.1, 0.15) is 5.75 Å². The van der Waals surface area contributed by atoms with E-state index in [4.69, 9.17) is 21.1 Å². The molecule has 2 N–H and O–H groups in total. The molecule has 0 unspecified atom stereocenters. The van der Waals surface area contributed by atoms with E-state index in [-0.39, 0.29) is 17.1 Å². The summed E-state index contributed by atoms with van der Waals surface area (Å²) in [5.74, 6) is 0.268. The molecular formula is C16H15ClN2O4. The van der Waals surface area contributed by atoms with E-state index < -0.39 is 5.91 Å². The molecule has 1 amide bonds. The van der Waals surface area contributed by atoms with Gasteiger partial charge in [-0.2, -0.15) is 5.10 Å². The van der Waals surface area contributed by atoms with Gasteiger partial charge >= 0.3 is 0 Å². The van der Waals surface area contributed by atoms with Crippen molar-refractivity contribution < 1.29 is 19.4 Å². The van der Waals surface area contributed by atoms with Crippen LogP contribution in [0.2, 0.25) is 5.02 Å². The van der Waals surface area contributed by atoms with Crippen molar-refractivity contribution in [3.8, 4) is 17.2 Å². The van der Waals surface area contributed by atoms with E-state index in [0.717, 1.165) is 0 Å². The summed E-state index contributed by atoms with van der Waals surface area (Å²) in [4.78, 5) is 12.0. The molecule has 0 bridgehead atoms. The summed E-state index contributed by atoms with van der Waals surface area (Å²) in [7, 11) is 2.96. The average molecular weight is 335 g/mol. The number of carbonyl (C=O) groups is 1. The molecule has 0 spiro atoms. The van der Waals surface area contributed by atoms with Crippen molar-refractivity contribution in [1.29, 1.82) is 0 Å². The molecule has 6 nitrogen and oxygen atoms in total. The second kappa shape index (κ2) is 7.51. The largest absolute Gasteiger partial charge is 0.504 e. The minimum absolute atomic E-state index is 0.124. The van der Waals surface area contributed by atoms with Crippen molar-refractivity contribution in [3.05, 3.63) is 52.5 Å². The van der Waals surface area contributed by atoms with Crippen LogP contribution in [-0.4, -0.2) is 31.4 Å². The molecule has 0 radical (unpaired) electrons. The number of hydrogen-bond acceptors (Lipinski definition) is 5. The zero-order chi connectivity index (χ0) is 16.8. The first kappa shape index (κ1) is 16.6. The number of hydrazone groups is 1. The van der Waals surface area contributed by atoms with Gasteiger partial charge in [0.05, 0.1) is 20.4 Å². The van der Waals surface area contributed by atoms with Gasteiger partial charge in [0, 0.05) is 16.1 Å². The third-order valence-electron chi connectivity index (χ3n) is 3.00. The maximum atomic E-state index is 12.0. The highest BCUT2D eigenvalue weighted by Crippen LogP contribution is 2.26. The van der Waals surface area contributed by atoms with E-state index in [1.807, 2.05) is 0 Å². The predicted molar refractivity (Wildman–Crippen MR) is 87.7 cm³/mol. The van der Waals surface area contributed by atoms with Crippen LogP contribution in [0.3, 0.4) is 0 Å². The maximum absolute atomic E-state index is 12.0. The van der Waals surface area contributed by atoms with Crippen LogP contribution in [0.4, 0.5) is 0 Å². The Bertz CT molecular complexity index is 747. The lowest BCUT2D eigenvalue weighted by Gasteiger charge is -2.06. The van der Waals surface area contributed by atoms with Crippen LogP contribution in [0.1, 0.15) is 15.9 Å². The van der Waals surface area contributed by atoms with Gasteiger partial charge < -0.3 is 14.6 Å². The smallest absolute Gasteiger partial charge is 0.271 e. The van der Waals surface area contributed by atoms with Crippen LogP contribution in [-0.2, 0) is 0 Å². The summed E-state index contributed by atoms with van der Waals surface area (Å²) >= 11 is 5.91. The minimum atomic E-state index is -0.472. The van der Waals surface area contributed by atoms with E-state index in [1.54, 1.807) is 18.2 Å². The van der Waals surface area contributed by atoms with Gasteiger partial charge in [0.2, 0.25) is 0 Å². The minimum Gasteiger partial charge on any atom is -0.504 e. The van der Waals surface area contributed by atoms with Gasteiger partial charge in [-0.15, -0.1) is 0 Å². The molecule has 0 saturated heterocycles. The van der Waals surface area contributed by atoms with Gasteiger partial charge in [-0.25, -0.2) is 5.43 Å². The monoisotopic (exact) mass is 334 g/mol. The second-order valence-corrected chi connectivity index (χ2v) is 4.91. The van der Waals surface area contributed by atoms with Crippen LogP contribution < -0.4 is 14.9 Å². The van der Waals surface area contributed by atoms with Crippen LogP contribution in [0.5, 0.6) is 17.2 Å². The zero-order valence-electron chi connectivity index (χ0n) is 12.5. The number of rotatable bonds is 5. The highest BCUT2D eigenvalue weighted by atomic mass is 35.5. The number of amides is 1. The highest BCUT2D eigenvalue weighted by molar-refractivity contribution is 6.30. The molecule has 0 saturated carbocycles. The number of methoxy groups -OCH3 is 2. The molecule has 0 atom stereocenters. The summed E-state index contributed by atoms with van der Waals surface area (Å²) in [6.45, 7) is 0. The normalized spacial score (nSPS) is 10.6. The van der Waals surface area contributed by atoms with Gasteiger partial charge in [-0.3, -0.25) is 4.79 Å². The number of hydrogen-bond donors (Lipinski definition) is 2. The molecule has 2 aromatic carbocycles. The van der Waals surface area contributed by atoms with E-state index >= 15 is 0 Å². The van der Waals surface area contributed by atoms with Crippen molar-refractivity contribution in [1.82, 2.24) is 5.43 Å². The summed E-state index contributed by atoms with van der Waals surface area (Å²) in [6, 6.07) is 9.36. The molecule has 120 valence electrons. The fourth-order valence-electron chi connectivity index (χ4n) is 1.86. The van der Waals surface area contributed by atoms with Crippen molar-refractivity contribution in [2.75, 3.05) is 14.2 Å². The molecule has 0 heterocycles. The van der Waals surface area contributed by atoms with E-state index in [1.165, 1.54) is 38.6 Å². The van der Waals surface area contributed by atoms with Gasteiger partial charge in [-0.05, 0) is 36.4 Å². The average Bonchev–Trinajstić information content (AvgIpc) is 2.55. The molecule has 0 fully saturated rings. The van der Waals surface area contributed by atoms with Gasteiger partial charge in [-0.1, -0.05) is 11.6 Å². The molecule has 0 aromatic heterocycles. The Hall–Kier alpha value is -2.73. The Balaban J connectivity index is 2.10. The van der Waals surface area contributed by atoms with Crippen molar-refractivity contribution >= 4 is 23.7 Å². The summed E-state index contributed by atoms with van der Waals surface area (Å²) in [5, 5.41) is 14.1. The number of ether oxygens (including phenoxy) is 2. The van der Waals surface area contributed by atoms with E-state index in [2.05, 4.69) is 10.5 Å². The summed E-state index contributed by atoms with van der Waals surface area (Å²) in [5.41, 5.74) is 3.23. The van der Waals surface area contributed by atoms with E-state index in [9.17, 15) is 9.90 Å².